The number of carbonyl (C=O) groups is 3. The van der Waals surface area contributed by atoms with Gasteiger partial charge in [-0.3, -0.25) is 14.4 Å². The topological polar surface area (TPSA) is 78.5 Å². The third-order valence-electron chi connectivity index (χ3n) is 6.40. The molecule has 3 amide bonds. The maximum atomic E-state index is 12.8. The molecule has 2 aromatic carbocycles. The van der Waals surface area contributed by atoms with Crippen LogP contribution in [-0.4, -0.2) is 35.7 Å². The number of hydrogen-bond donors (Lipinski definition) is 2. The van der Waals surface area contributed by atoms with E-state index in [-0.39, 0.29) is 35.6 Å². The maximum absolute atomic E-state index is 12.8. The molecule has 2 fully saturated rings. The lowest BCUT2D eigenvalue weighted by Crippen LogP contribution is -2.53. The van der Waals surface area contributed by atoms with Crippen LogP contribution in [0.1, 0.15) is 62.3 Å². The van der Waals surface area contributed by atoms with Crippen molar-refractivity contribution in [2.45, 2.75) is 45.6 Å². The van der Waals surface area contributed by atoms with Crippen LogP contribution in [0.25, 0.3) is 0 Å². The Labute approximate surface area is 189 Å². The lowest BCUT2D eigenvalue weighted by Gasteiger charge is -2.37. The number of amides is 3. The molecule has 6 nitrogen and oxygen atoms in total. The first-order valence-electron chi connectivity index (χ1n) is 11.4. The molecule has 0 radical (unpaired) electrons. The molecular formula is C26H31N3O3. The van der Waals surface area contributed by atoms with Gasteiger partial charge in [-0.05, 0) is 36.0 Å². The van der Waals surface area contributed by atoms with E-state index in [1.165, 1.54) is 12.5 Å². The van der Waals surface area contributed by atoms with E-state index in [4.69, 9.17) is 0 Å². The van der Waals surface area contributed by atoms with Gasteiger partial charge < -0.3 is 15.5 Å². The predicted octanol–water partition coefficient (Wildman–Crippen LogP) is 3.84. The molecule has 2 N–H and O–H groups in total. The molecule has 0 aromatic heterocycles. The van der Waals surface area contributed by atoms with E-state index in [0.29, 0.717) is 24.7 Å². The van der Waals surface area contributed by atoms with Crippen LogP contribution >= 0.6 is 0 Å². The van der Waals surface area contributed by atoms with Gasteiger partial charge in [0.05, 0.1) is 12.0 Å². The van der Waals surface area contributed by atoms with Gasteiger partial charge in [-0.25, -0.2) is 0 Å². The summed E-state index contributed by atoms with van der Waals surface area (Å²) < 4.78 is 0. The van der Waals surface area contributed by atoms with Crippen molar-refractivity contribution in [2.24, 2.45) is 11.8 Å². The van der Waals surface area contributed by atoms with Gasteiger partial charge in [0.1, 0.15) is 0 Å². The minimum absolute atomic E-state index is 0.0119. The first-order valence-corrected chi connectivity index (χ1v) is 11.4. The third kappa shape index (κ3) is 4.85. The molecule has 2 aromatic rings. The van der Waals surface area contributed by atoms with E-state index in [1.807, 2.05) is 24.3 Å². The highest BCUT2D eigenvalue weighted by molar-refractivity contribution is 5.95. The summed E-state index contributed by atoms with van der Waals surface area (Å²) in [5.41, 5.74) is 3.77. The first-order chi connectivity index (χ1) is 15.3. The van der Waals surface area contributed by atoms with Crippen molar-refractivity contribution < 1.29 is 14.4 Å². The molecule has 2 aliphatic rings. The SMILES string of the molecule is CC(=O)N1CC(C(=O)Nc2ccccc2[C@H](NC(=O)C2CC2)c2ccc(C(C)C)cc2)C1. The molecule has 1 aliphatic carbocycles. The zero-order chi connectivity index (χ0) is 22.8. The zero-order valence-electron chi connectivity index (χ0n) is 18.9. The minimum atomic E-state index is -0.351. The van der Waals surface area contributed by atoms with Crippen LogP contribution in [0.2, 0.25) is 0 Å². The molecule has 1 atom stereocenters. The van der Waals surface area contributed by atoms with Crippen LogP contribution < -0.4 is 10.6 Å². The maximum Gasteiger partial charge on any atom is 0.231 e. The summed E-state index contributed by atoms with van der Waals surface area (Å²) in [7, 11) is 0. The zero-order valence-corrected chi connectivity index (χ0v) is 18.9. The largest absolute Gasteiger partial charge is 0.345 e. The van der Waals surface area contributed by atoms with Crippen LogP contribution in [0, 0.1) is 11.8 Å². The van der Waals surface area contributed by atoms with E-state index in [1.54, 1.807) is 4.90 Å². The van der Waals surface area contributed by atoms with Gasteiger partial charge in [0.2, 0.25) is 17.7 Å². The predicted molar refractivity (Wildman–Crippen MR) is 124 cm³/mol. The van der Waals surface area contributed by atoms with Crippen molar-refractivity contribution in [1.29, 1.82) is 0 Å². The fourth-order valence-corrected chi connectivity index (χ4v) is 4.02. The minimum Gasteiger partial charge on any atom is -0.345 e. The lowest BCUT2D eigenvalue weighted by atomic mass is 9.93. The summed E-state index contributed by atoms with van der Waals surface area (Å²) in [6.07, 6.45) is 1.86. The van der Waals surface area contributed by atoms with E-state index >= 15 is 0 Å². The van der Waals surface area contributed by atoms with E-state index in [9.17, 15) is 14.4 Å². The average Bonchev–Trinajstić information content (AvgIpc) is 3.57. The summed E-state index contributed by atoms with van der Waals surface area (Å²) in [6, 6.07) is 15.6. The lowest BCUT2D eigenvalue weighted by molar-refractivity contribution is -0.139. The summed E-state index contributed by atoms with van der Waals surface area (Å²) in [5.74, 6) is 0.241. The van der Waals surface area contributed by atoms with E-state index in [2.05, 4.69) is 48.7 Å². The van der Waals surface area contributed by atoms with Crippen molar-refractivity contribution in [1.82, 2.24) is 10.2 Å². The van der Waals surface area contributed by atoms with Crippen LogP contribution in [0.3, 0.4) is 0 Å². The van der Waals surface area contributed by atoms with Crippen LogP contribution in [0.5, 0.6) is 0 Å². The molecule has 0 spiro atoms. The first kappa shape index (κ1) is 22.1. The molecule has 1 saturated heterocycles. The highest BCUT2D eigenvalue weighted by Crippen LogP contribution is 2.34. The Balaban J connectivity index is 1.59. The number of nitrogens with zero attached hydrogens (tertiary/aromatic N) is 1. The van der Waals surface area contributed by atoms with Gasteiger partial charge in [-0.15, -0.1) is 0 Å². The fraction of sp³-hybridized carbons (Fsp3) is 0.423. The van der Waals surface area contributed by atoms with Gasteiger partial charge >= 0.3 is 0 Å². The van der Waals surface area contributed by atoms with Crippen molar-refractivity contribution in [3.05, 3.63) is 65.2 Å². The number of para-hydroxylation sites is 1. The van der Waals surface area contributed by atoms with Crippen LogP contribution in [-0.2, 0) is 14.4 Å². The highest BCUT2D eigenvalue weighted by atomic mass is 16.2. The van der Waals surface area contributed by atoms with Crippen LogP contribution in [0.15, 0.2) is 48.5 Å². The smallest absolute Gasteiger partial charge is 0.231 e. The average molecular weight is 434 g/mol. The number of anilines is 1. The number of benzene rings is 2. The Bertz CT molecular complexity index is 1010. The third-order valence-corrected chi connectivity index (χ3v) is 6.40. The Hall–Kier alpha value is -3.15. The quantitative estimate of drug-likeness (QED) is 0.696. The number of nitrogens with one attached hydrogen (secondary N) is 2. The molecule has 32 heavy (non-hydrogen) atoms. The van der Waals surface area contributed by atoms with Gasteiger partial charge in [-0.1, -0.05) is 56.3 Å². The molecule has 0 unspecified atom stereocenters. The summed E-state index contributed by atoms with van der Waals surface area (Å²) in [6.45, 7) is 6.71. The Kier molecular flexibility index (Phi) is 6.31. The molecule has 1 aliphatic heterocycles. The second kappa shape index (κ2) is 9.15. The number of rotatable bonds is 7. The van der Waals surface area contributed by atoms with Gasteiger partial charge in [0, 0.05) is 37.2 Å². The Morgan fingerprint density at radius 3 is 2.09 bits per heavy atom. The Morgan fingerprint density at radius 2 is 1.50 bits per heavy atom. The molecule has 6 heteroatoms. The van der Waals surface area contributed by atoms with Crippen molar-refractivity contribution >= 4 is 23.4 Å². The van der Waals surface area contributed by atoms with Crippen molar-refractivity contribution in [2.75, 3.05) is 18.4 Å². The van der Waals surface area contributed by atoms with Gasteiger partial charge in [-0.2, -0.15) is 0 Å². The van der Waals surface area contributed by atoms with Crippen LogP contribution in [0.4, 0.5) is 5.69 Å². The molecule has 1 heterocycles. The molecule has 4 rings (SSSR count). The second-order valence-electron chi connectivity index (χ2n) is 9.23. The molecule has 0 bridgehead atoms. The Morgan fingerprint density at radius 1 is 0.875 bits per heavy atom. The fourth-order valence-electron chi connectivity index (χ4n) is 4.02. The standard InChI is InChI=1S/C26H31N3O3/c1-16(2)18-8-10-19(11-9-18)24(28-25(31)20-12-13-20)22-6-4-5-7-23(22)27-26(32)21-14-29(15-21)17(3)30/h4-11,16,20-21,24H,12-15H2,1-3H3,(H,27,32)(H,28,31)/t24-/m1/s1. The normalized spacial score (nSPS) is 16.9. The summed E-state index contributed by atoms with van der Waals surface area (Å²) in [4.78, 5) is 38.6. The van der Waals surface area contributed by atoms with Gasteiger partial charge in [0.15, 0.2) is 0 Å². The number of hydrogen-bond acceptors (Lipinski definition) is 3. The highest BCUT2D eigenvalue weighted by Gasteiger charge is 2.35. The molecular weight excluding hydrogens is 402 g/mol. The molecule has 168 valence electrons. The number of carbonyl (C=O) groups excluding carboxylic acids is 3. The second-order valence-corrected chi connectivity index (χ2v) is 9.23. The van der Waals surface area contributed by atoms with Gasteiger partial charge in [0.25, 0.3) is 0 Å². The molecule has 1 saturated carbocycles. The van der Waals surface area contributed by atoms with E-state index in [0.717, 1.165) is 24.0 Å². The van der Waals surface area contributed by atoms with E-state index < -0.39 is 0 Å². The monoisotopic (exact) mass is 433 g/mol. The van der Waals surface area contributed by atoms with Crippen molar-refractivity contribution in [3.8, 4) is 0 Å². The summed E-state index contributed by atoms with van der Waals surface area (Å²) >= 11 is 0. The summed E-state index contributed by atoms with van der Waals surface area (Å²) in [5, 5.41) is 6.25. The van der Waals surface area contributed by atoms with Crippen molar-refractivity contribution in [3.63, 3.8) is 0 Å². The number of likely N-dealkylation sites (tertiary alicyclic amines) is 1.